The van der Waals surface area contributed by atoms with Gasteiger partial charge in [0.1, 0.15) is 17.0 Å². The highest BCUT2D eigenvalue weighted by atomic mass is 32.2. The second-order valence-corrected chi connectivity index (χ2v) is 14.5. The van der Waals surface area contributed by atoms with E-state index in [0.29, 0.717) is 53.0 Å². The van der Waals surface area contributed by atoms with Crippen molar-refractivity contribution in [3.63, 3.8) is 0 Å². The standard InChI is InChI=1S/C32H33N5O7S2/c1-4-21-8-9-25-22(13-21)14-30(34-25)46(41,42)36-10-11-37(32(40)31-35-26-12-19(2)33-16-29(26)45-31)23(17-36)6-5-7-24-15-27(39)28(18-43-24)44-20(3)38/h1,8-9,13-15,18-19,23,33-34H,5-7,10-12,16-17H2,2-3H3. The Balaban J connectivity index is 1.23. The maximum atomic E-state index is 13.9. The average Bonchev–Trinajstić information content (AvgIpc) is 3.66. The molecule has 0 radical (unpaired) electrons. The summed E-state index contributed by atoms with van der Waals surface area (Å²) in [6.45, 7) is 4.32. The van der Waals surface area contributed by atoms with Crippen molar-refractivity contribution in [3.05, 3.63) is 73.7 Å². The third-order valence-electron chi connectivity index (χ3n) is 8.23. The first-order valence-electron chi connectivity index (χ1n) is 14.9. The Bertz CT molecular complexity index is 2020. The zero-order chi connectivity index (χ0) is 32.6. The highest BCUT2D eigenvalue weighted by molar-refractivity contribution is 7.89. The molecule has 2 N–H and O–H groups in total. The summed E-state index contributed by atoms with van der Waals surface area (Å²) < 4.78 is 39.5. The first kappa shape index (κ1) is 31.7. The Labute approximate surface area is 269 Å². The second-order valence-electron chi connectivity index (χ2n) is 11.5. The molecule has 0 spiro atoms. The minimum atomic E-state index is -3.93. The number of ether oxygens (including phenoxy) is 1. The predicted molar refractivity (Wildman–Crippen MR) is 171 cm³/mol. The summed E-state index contributed by atoms with van der Waals surface area (Å²) in [5, 5.41) is 4.54. The minimum absolute atomic E-state index is 0.0547. The summed E-state index contributed by atoms with van der Waals surface area (Å²) in [5.74, 6) is 1.91. The molecule has 1 amide bonds. The lowest BCUT2D eigenvalue weighted by molar-refractivity contribution is -0.132. The van der Waals surface area contributed by atoms with Gasteiger partial charge in [0.15, 0.2) is 5.01 Å². The van der Waals surface area contributed by atoms with Gasteiger partial charge < -0.3 is 24.4 Å². The molecule has 6 rings (SSSR count). The molecule has 14 heteroatoms. The quantitative estimate of drug-likeness (QED) is 0.214. The molecule has 1 saturated heterocycles. The Kier molecular flexibility index (Phi) is 8.84. The number of carbonyl (C=O) groups excluding carboxylic acids is 2. The molecule has 0 aliphatic carbocycles. The Morgan fingerprint density at radius 2 is 2.07 bits per heavy atom. The number of nitrogens with zero attached hydrogens (tertiary/aromatic N) is 3. The third kappa shape index (κ3) is 6.50. The van der Waals surface area contributed by atoms with Crippen molar-refractivity contribution in [2.75, 3.05) is 19.6 Å². The molecule has 2 atom stereocenters. The van der Waals surface area contributed by atoms with Crippen molar-refractivity contribution in [3.8, 4) is 18.1 Å². The van der Waals surface area contributed by atoms with E-state index in [1.54, 1.807) is 29.2 Å². The average molecular weight is 664 g/mol. The topological polar surface area (TPSA) is 155 Å². The fraction of sp³-hybridized carbons (Fsp3) is 0.375. The van der Waals surface area contributed by atoms with Gasteiger partial charge in [-0.25, -0.2) is 13.4 Å². The van der Waals surface area contributed by atoms with Crippen LogP contribution in [0.15, 0.2) is 50.8 Å². The molecule has 3 aromatic heterocycles. The molecule has 46 heavy (non-hydrogen) atoms. The number of benzene rings is 1. The maximum absolute atomic E-state index is 13.9. The summed E-state index contributed by atoms with van der Waals surface area (Å²) in [7, 11) is -3.93. The summed E-state index contributed by atoms with van der Waals surface area (Å²) in [5.41, 5.74) is 1.75. The highest BCUT2D eigenvalue weighted by Gasteiger charge is 2.38. The number of sulfonamides is 1. The number of aryl methyl sites for hydroxylation is 1. The van der Waals surface area contributed by atoms with Crippen LogP contribution in [0.3, 0.4) is 0 Å². The number of hydrogen-bond acceptors (Lipinski definition) is 10. The zero-order valence-corrected chi connectivity index (χ0v) is 27.0. The van der Waals surface area contributed by atoms with Crippen molar-refractivity contribution < 1.29 is 27.2 Å². The smallest absolute Gasteiger partial charge is 0.308 e. The van der Waals surface area contributed by atoms with Crippen molar-refractivity contribution >= 4 is 44.1 Å². The number of fused-ring (bicyclic) bond motifs is 2. The molecule has 12 nitrogen and oxygen atoms in total. The molecule has 2 aliphatic rings. The minimum Gasteiger partial charge on any atom is -0.465 e. The number of rotatable bonds is 8. The SMILES string of the molecule is C#Cc1ccc2[nH]c(S(=O)(=O)N3CCN(C(=O)c4nc5c(s4)CNC(C)C5)C(CCCc4cc(=O)c(OC(C)=O)co4)C3)cc2c1. The Hall–Kier alpha value is -4.29. The van der Waals surface area contributed by atoms with E-state index in [1.807, 2.05) is 0 Å². The van der Waals surface area contributed by atoms with Gasteiger partial charge in [0.25, 0.3) is 15.9 Å². The number of hydrogen-bond donors (Lipinski definition) is 2. The van der Waals surface area contributed by atoms with E-state index >= 15 is 0 Å². The molecular weight excluding hydrogens is 631 g/mol. The molecule has 0 saturated carbocycles. The van der Waals surface area contributed by atoms with E-state index in [4.69, 9.17) is 15.6 Å². The van der Waals surface area contributed by atoms with Gasteiger partial charge in [-0.05, 0) is 44.0 Å². The zero-order valence-electron chi connectivity index (χ0n) is 25.4. The van der Waals surface area contributed by atoms with Crippen molar-refractivity contribution in [1.29, 1.82) is 0 Å². The molecule has 240 valence electrons. The number of amides is 1. The van der Waals surface area contributed by atoms with Crippen LogP contribution in [0.4, 0.5) is 0 Å². The first-order valence-corrected chi connectivity index (χ1v) is 17.2. The number of thiazole rings is 1. The van der Waals surface area contributed by atoms with Crippen LogP contribution in [0.1, 0.15) is 58.4 Å². The van der Waals surface area contributed by atoms with Crippen LogP contribution in [-0.4, -0.2) is 71.2 Å². The van der Waals surface area contributed by atoms with Crippen molar-refractivity contribution in [1.82, 2.24) is 24.5 Å². The van der Waals surface area contributed by atoms with Crippen LogP contribution in [-0.2, 0) is 34.2 Å². The lowest BCUT2D eigenvalue weighted by atomic mass is 10.0. The fourth-order valence-corrected chi connectivity index (χ4v) is 8.35. The van der Waals surface area contributed by atoms with Crippen LogP contribution in [0.5, 0.6) is 5.75 Å². The Morgan fingerprint density at radius 1 is 1.24 bits per heavy atom. The molecule has 0 bridgehead atoms. The first-order chi connectivity index (χ1) is 22.0. The second kappa shape index (κ2) is 12.8. The molecule has 1 fully saturated rings. The van der Waals surface area contributed by atoms with E-state index < -0.39 is 27.5 Å². The number of terminal acetylenes is 1. The lowest BCUT2D eigenvalue weighted by Gasteiger charge is -2.40. The van der Waals surface area contributed by atoms with E-state index in [-0.39, 0.29) is 42.4 Å². The maximum Gasteiger partial charge on any atom is 0.308 e. The van der Waals surface area contributed by atoms with Crippen molar-refractivity contribution in [2.24, 2.45) is 0 Å². The van der Waals surface area contributed by atoms with Crippen LogP contribution >= 0.6 is 11.3 Å². The van der Waals surface area contributed by atoms with Gasteiger partial charge >= 0.3 is 5.97 Å². The molecule has 4 aromatic rings. The number of aromatic amines is 1. The third-order valence-corrected chi connectivity index (χ3v) is 11.1. The van der Waals surface area contributed by atoms with Gasteiger partial charge in [-0.15, -0.1) is 17.8 Å². The molecule has 1 aromatic carbocycles. The predicted octanol–water partition coefficient (Wildman–Crippen LogP) is 3.06. The molecule has 2 unspecified atom stereocenters. The van der Waals surface area contributed by atoms with E-state index in [2.05, 4.69) is 28.1 Å². The molecule has 5 heterocycles. The van der Waals surface area contributed by atoms with Crippen molar-refractivity contribution in [2.45, 2.75) is 63.2 Å². The van der Waals surface area contributed by atoms with Crippen LogP contribution in [0.25, 0.3) is 10.9 Å². The van der Waals surface area contributed by atoms with Crippen LogP contribution in [0.2, 0.25) is 0 Å². The number of piperazine rings is 1. The number of aromatic nitrogens is 2. The van der Waals surface area contributed by atoms with Gasteiger partial charge in [0.05, 0.1) is 5.69 Å². The van der Waals surface area contributed by atoms with E-state index in [1.165, 1.54) is 28.6 Å². The Morgan fingerprint density at radius 3 is 2.83 bits per heavy atom. The van der Waals surface area contributed by atoms with Gasteiger partial charge in [-0.3, -0.25) is 14.4 Å². The summed E-state index contributed by atoms with van der Waals surface area (Å²) in [4.78, 5) is 47.9. The summed E-state index contributed by atoms with van der Waals surface area (Å²) in [6, 6.07) is 7.91. The monoisotopic (exact) mass is 663 g/mol. The summed E-state index contributed by atoms with van der Waals surface area (Å²) >= 11 is 1.38. The highest BCUT2D eigenvalue weighted by Crippen LogP contribution is 2.29. The molecule has 2 aliphatic heterocycles. The van der Waals surface area contributed by atoms with Gasteiger partial charge in [-0.1, -0.05) is 5.92 Å². The van der Waals surface area contributed by atoms with E-state index in [0.717, 1.165) is 23.3 Å². The lowest BCUT2D eigenvalue weighted by Crippen LogP contribution is -2.56. The fourth-order valence-electron chi connectivity index (χ4n) is 5.87. The number of esters is 1. The normalized spacial score (nSPS) is 18.7. The number of H-pyrrole nitrogens is 1. The number of carbonyl (C=O) groups is 2. The van der Waals surface area contributed by atoms with Gasteiger partial charge in [0.2, 0.25) is 11.2 Å². The van der Waals surface area contributed by atoms with Crippen LogP contribution < -0.4 is 15.5 Å². The van der Waals surface area contributed by atoms with Gasteiger partial charge in [0, 0.05) is 85.4 Å². The summed E-state index contributed by atoms with van der Waals surface area (Å²) in [6.07, 6.45) is 8.66. The largest absolute Gasteiger partial charge is 0.465 e. The van der Waals surface area contributed by atoms with Crippen LogP contribution in [0, 0.1) is 12.3 Å². The number of nitrogens with one attached hydrogen (secondary N) is 2. The molecular formula is C32H33N5O7S2. The van der Waals surface area contributed by atoms with Gasteiger partial charge in [-0.2, -0.15) is 4.31 Å². The van der Waals surface area contributed by atoms with E-state index in [9.17, 15) is 22.8 Å².